The molecule has 7 heteroatoms. The minimum absolute atomic E-state index is 0.0887. The number of nitrogens with zero attached hydrogens (tertiary/aromatic N) is 4. The molecule has 3 atom stereocenters. The quantitative estimate of drug-likeness (QED) is 0.393. The van der Waals surface area contributed by atoms with Crippen LogP contribution in [0.4, 0.5) is 4.79 Å². The van der Waals surface area contributed by atoms with Crippen LogP contribution in [0, 0.1) is 6.92 Å². The van der Waals surface area contributed by atoms with E-state index in [1.807, 2.05) is 48.5 Å². The summed E-state index contributed by atoms with van der Waals surface area (Å²) in [6.45, 7) is 7.71. The van der Waals surface area contributed by atoms with Gasteiger partial charge < -0.3 is 14.6 Å². The van der Waals surface area contributed by atoms with Crippen LogP contribution in [0.5, 0.6) is 0 Å². The largest absolute Gasteiger partial charge is 0.445 e. The number of rotatable bonds is 9. The van der Waals surface area contributed by atoms with Gasteiger partial charge in [0.05, 0.1) is 6.04 Å². The molecule has 1 unspecified atom stereocenters. The molecule has 196 valence electrons. The average Bonchev–Trinajstić information content (AvgIpc) is 3.41. The lowest BCUT2D eigenvalue weighted by atomic mass is 9.95. The van der Waals surface area contributed by atoms with Gasteiger partial charge in [-0.15, -0.1) is 10.2 Å². The number of amides is 1. The lowest BCUT2D eigenvalue weighted by Gasteiger charge is -2.40. The Bertz CT molecular complexity index is 1150. The second-order valence-electron chi connectivity index (χ2n) is 10.8. The monoisotopic (exact) mass is 501 g/mol. The Hall–Kier alpha value is -3.19. The van der Waals surface area contributed by atoms with E-state index in [-0.39, 0.29) is 18.7 Å². The molecule has 3 heterocycles. The molecule has 0 saturated carbocycles. The number of carbonyl (C=O) groups excluding carboxylic acids is 1. The van der Waals surface area contributed by atoms with Crippen molar-refractivity contribution < 1.29 is 9.53 Å². The van der Waals surface area contributed by atoms with Crippen molar-refractivity contribution in [1.82, 2.24) is 25.0 Å². The van der Waals surface area contributed by atoms with Crippen LogP contribution in [0.1, 0.15) is 86.7 Å². The highest BCUT2D eigenvalue weighted by molar-refractivity contribution is 5.68. The van der Waals surface area contributed by atoms with Crippen molar-refractivity contribution in [2.45, 2.75) is 89.6 Å². The number of aromatic nitrogens is 3. The van der Waals surface area contributed by atoms with E-state index in [0.717, 1.165) is 48.6 Å². The summed E-state index contributed by atoms with van der Waals surface area (Å²) >= 11 is 0. The minimum Gasteiger partial charge on any atom is -0.445 e. The molecule has 2 saturated heterocycles. The first-order valence-electron chi connectivity index (χ1n) is 13.7. The van der Waals surface area contributed by atoms with Crippen LogP contribution >= 0.6 is 0 Å². The van der Waals surface area contributed by atoms with Crippen molar-refractivity contribution >= 4 is 6.09 Å². The summed E-state index contributed by atoms with van der Waals surface area (Å²) in [6, 6.07) is 21.6. The van der Waals surface area contributed by atoms with Crippen molar-refractivity contribution in [2.24, 2.45) is 0 Å². The van der Waals surface area contributed by atoms with Gasteiger partial charge in [-0.2, -0.15) is 0 Å². The third kappa shape index (κ3) is 5.87. The van der Waals surface area contributed by atoms with Gasteiger partial charge in [-0.1, -0.05) is 74.5 Å². The Labute approximate surface area is 220 Å². The Morgan fingerprint density at radius 3 is 2.27 bits per heavy atom. The highest BCUT2D eigenvalue weighted by Crippen LogP contribution is 2.42. The van der Waals surface area contributed by atoms with Crippen molar-refractivity contribution in [3.8, 4) is 0 Å². The molecule has 2 aliphatic rings. The van der Waals surface area contributed by atoms with Gasteiger partial charge in [-0.25, -0.2) is 4.79 Å². The molecule has 2 aromatic carbocycles. The van der Waals surface area contributed by atoms with Gasteiger partial charge >= 0.3 is 6.09 Å². The molecule has 1 aromatic heterocycles. The summed E-state index contributed by atoms with van der Waals surface area (Å²) in [5.74, 6) is 2.51. The number of fused-ring (bicyclic) bond motifs is 2. The van der Waals surface area contributed by atoms with Crippen LogP contribution < -0.4 is 5.32 Å². The Morgan fingerprint density at radius 2 is 1.62 bits per heavy atom. The smallest absolute Gasteiger partial charge is 0.407 e. The standard InChI is InChI=1S/C30H39N5O2/c1-21(2)29-33-32-22(3)35(29)27-18-25-14-15-26(19-27)34(25)17-16-28(24-12-8-5-9-13-24)31-30(36)37-20-23-10-6-4-7-11-23/h4-13,21,25-28H,14-20H2,1-3H3,(H,31,36)/t25-,26-,28?/m1/s1. The summed E-state index contributed by atoms with van der Waals surface area (Å²) in [7, 11) is 0. The second-order valence-corrected chi connectivity index (χ2v) is 10.8. The van der Waals surface area contributed by atoms with Gasteiger partial charge in [-0.05, 0) is 50.2 Å². The summed E-state index contributed by atoms with van der Waals surface area (Å²) in [5, 5.41) is 12.0. The Kier molecular flexibility index (Phi) is 7.89. The number of alkyl carbamates (subject to hydrolysis) is 1. The molecule has 1 N–H and O–H groups in total. The van der Waals surface area contributed by atoms with Gasteiger partial charge in [-0.3, -0.25) is 4.90 Å². The number of aryl methyl sites for hydroxylation is 1. The second kappa shape index (κ2) is 11.5. The minimum atomic E-state index is -0.372. The van der Waals surface area contributed by atoms with Gasteiger partial charge in [0.25, 0.3) is 0 Å². The Morgan fingerprint density at radius 1 is 0.973 bits per heavy atom. The summed E-state index contributed by atoms with van der Waals surface area (Å²) in [6.07, 6.45) is 5.23. The fraction of sp³-hybridized carbons (Fsp3) is 0.500. The molecule has 1 amide bonds. The number of benzene rings is 2. The SMILES string of the molecule is Cc1nnc(C(C)C)n1C1C[C@H]2CC[C@H](C1)N2CCC(NC(=O)OCc1ccccc1)c1ccccc1. The fourth-order valence-electron chi connectivity index (χ4n) is 6.24. The Balaban J connectivity index is 1.22. The van der Waals surface area contributed by atoms with Crippen LogP contribution in [0.2, 0.25) is 0 Å². The van der Waals surface area contributed by atoms with Crippen LogP contribution in [0.3, 0.4) is 0 Å². The number of hydrogen-bond donors (Lipinski definition) is 1. The van der Waals surface area contributed by atoms with Gasteiger partial charge in [0.15, 0.2) is 0 Å². The molecule has 37 heavy (non-hydrogen) atoms. The van der Waals surface area contributed by atoms with E-state index < -0.39 is 0 Å². The van der Waals surface area contributed by atoms with Gasteiger partial charge in [0, 0.05) is 30.6 Å². The lowest BCUT2D eigenvalue weighted by molar-refractivity contribution is 0.0976. The van der Waals surface area contributed by atoms with Crippen molar-refractivity contribution in [3.05, 3.63) is 83.4 Å². The summed E-state index contributed by atoms with van der Waals surface area (Å²) < 4.78 is 7.95. The first-order chi connectivity index (χ1) is 18.0. The summed E-state index contributed by atoms with van der Waals surface area (Å²) in [4.78, 5) is 15.4. The lowest BCUT2D eigenvalue weighted by Crippen LogP contribution is -2.45. The zero-order chi connectivity index (χ0) is 25.8. The molecule has 3 aromatic rings. The molecule has 7 nitrogen and oxygen atoms in total. The molecule has 2 bridgehead atoms. The van der Waals surface area contributed by atoms with Crippen LogP contribution in [-0.2, 0) is 11.3 Å². The van der Waals surface area contributed by atoms with E-state index in [0.29, 0.717) is 24.0 Å². The van der Waals surface area contributed by atoms with Crippen LogP contribution in [0.25, 0.3) is 0 Å². The zero-order valence-corrected chi connectivity index (χ0v) is 22.2. The molecule has 2 fully saturated rings. The topological polar surface area (TPSA) is 72.3 Å². The highest BCUT2D eigenvalue weighted by Gasteiger charge is 2.42. The predicted octanol–water partition coefficient (Wildman–Crippen LogP) is 5.94. The molecule has 0 radical (unpaired) electrons. The van der Waals surface area contributed by atoms with E-state index in [1.54, 1.807) is 0 Å². The molecule has 0 spiro atoms. The van der Waals surface area contributed by atoms with Crippen molar-refractivity contribution in [2.75, 3.05) is 6.54 Å². The predicted molar refractivity (Wildman–Crippen MR) is 144 cm³/mol. The highest BCUT2D eigenvalue weighted by atomic mass is 16.5. The van der Waals surface area contributed by atoms with E-state index in [2.05, 4.69) is 57.9 Å². The van der Waals surface area contributed by atoms with Crippen molar-refractivity contribution in [3.63, 3.8) is 0 Å². The first kappa shape index (κ1) is 25.5. The molecule has 0 aliphatic carbocycles. The fourth-order valence-corrected chi connectivity index (χ4v) is 6.24. The molecular weight excluding hydrogens is 462 g/mol. The third-order valence-corrected chi connectivity index (χ3v) is 8.02. The van der Waals surface area contributed by atoms with E-state index >= 15 is 0 Å². The third-order valence-electron chi connectivity index (χ3n) is 8.02. The zero-order valence-electron chi connectivity index (χ0n) is 22.2. The maximum atomic E-state index is 12.7. The summed E-state index contributed by atoms with van der Waals surface area (Å²) in [5.41, 5.74) is 2.10. The molecule has 5 rings (SSSR count). The first-order valence-corrected chi connectivity index (χ1v) is 13.7. The number of ether oxygens (including phenoxy) is 1. The average molecular weight is 502 g/mol. The normalized spacial score (nSPS) is 22.2. The van der Waals surface area contributed by atoms with Crippen LogP contribution in [0.15, 0.2) is 60.7 Å². The number of carbonyl (C=O) groups is 1. The van der Waals surface area contributed by atoms with E-state index in [9.17, 15) is 4.79 Å². The van der Waals surface area contributed by atoms with Gasteiger partial charge in [0.1, 0.15) is 18.3 Å². The number of hydrogen-bond acceptors (Lipinski definition) is 5. The number of piperidine rings is 1. The maximum absolute atomic E-state index is 12.7. The maximum Gasteiger partial charge on any atom is 0.407 e. The van der Waals surface area contributed by atoms with Gasteiger partial charge in [0.2, 0.25) is 0 Å². The van der Waals surface area contributed by atoms with E-state index in [1.165, 1.54) is 12.8 Å². The number of nitrogens with one attached hydrogen (secondary N) is 1. The molecule has 2 aliphatic heterocycles. The van der Waals surface area contributed by atoms with E-state index in [4.69, 9.17) is 4.74 Å². The molecular formula is C30H39N5O2. The van der Waals surface area contributed by atoms with Crippen molar-refractivity contribution in [1.29, 1.82) is 0 Å². The van der Waals surface area contributed by atoms with Crippen LogP contribution in [-0.4, -0.2) is 44.4 Å².